The van der Waals surface area contributed by atoms with E-state index in [4.69, 9.17) is 9.47 Å². The summed E-state index contributed by atoms with van der Waals surface area (Å²) in [6.07, 6.45) is 8.18. The van der Waals surface area contributed by atoms with Gasteiger partial charge in [0.2, 0.25) is 26.5 Å². The topological polar surface area (TPSA) is 212 Å². The van der Waals surface area contributed by atoms with Gasteiger partial charge in [0.25, 0.3) is 11.4 Å². The number of rotatable bonds is 9. The standard InChI is InChI=1S/C26H29N3O6S.C25H29N3O5S.7C2H6/c1-17(2)15-18-7-6-14-26-23-21(18)8-5-9-22(23)27(16-30)24(26)35-25(3,4)29(26)36(33,34)20-12-10-19(11-13-20)28(31)32;1-16(2)15-17-7-6-14-25-22-20(17)8-5-9-21(22)26-23(25)33-24(3,4)28(25)34(31,32)19-12-10-18(11-13-19)27(29)30;7*1-2/h5,8-13,15-16,18,24H,6-7,14H2,1-4H3;5,8-13,15,17,23,26H,6-7,14H2,1-4H3;7*1-2H3/t18-,24+,26+;17-,23+,25+;;;;;;;/m11......./s1. The number of nitrogens with zero attached hydrogens (tertiary/aromatic N) is 5. The monoisotopic (exact) mass is 1200 g/mol. The maximum Gasteiger partial charge on any atom is 0.269 e. The van der Waals surface area contributed by atoms with E-state index in [1.54, 1.807) is 27.7 Å². The quantitative estimate of drug-likeness (QED) is 0.0718. The van der Waals surface area contributed by atoms with Gasteiger partial charge in [-0.3, -0.25) is 29.9 Å². The first kappa shape index (κ1) is 74.3. The number of amides is 1. The SMILES string of the molecule is CC.CC.CC.CC.CC.CC.CC.CC(C)=C[C@H]1CCC[C@]23c4c(cccc41)N[C@H]2OC(C)(C)N3S(=O)(=O)c1ccc([N+](=O)[O-])cc1.CC(C)=C[C@H]1CCC[C@]23c4c1cccc4N(C=O)[C@H]2OC(C)(C)N3S(=O)(=O)c1ccc([N+](=O)[O-])cc1. The molecule has 0 radical (unpaired) electrons. The van der Waals surface area contributed by atoms with Crippen LogP contribution in [0.5, 0.6) is 0 Å². The lowest BCUT2D eigenvalue weighted by molar-refractivity contribution is -0.385. The number of nitro groups is 2. The van der Waals surface area contributed by atoms with E-state index in [0.29, 0.717) is 24.9 Å². The molecule has 6 aliphatic rings. The number of benzene rings is 4. The van der Waals surface area contributed by atoms with E-state index in [1.807, 2.05) is 141 Å². The van der Waals surface area contributed by atoms with Crippen molar-refractivity contribution < 1.29 is 41.0 Å². The van der Waals surface area contributed by atoms with Gasteiger partial charge < -0.3 is 14.8 Å². The fraction of sp³-hybridized carbons (Fsp3) is 0.554. The van der Waals surface area contributed by atoms with Crippen LogP contribution < -0.4 is 10.2 Å². The Morgan fingerprint density at radius 2 is 0.940 bits per heavy atom. The molecule has 2 spiro atoms. The molecular weight excluding hydrogens is 1100 g/mol. The Balaban J connectivity index is 0.000000476. The van der Waals surface area contributed by atoms with Crippen LogP contribution in [0.15, 0.2) is 118 Å². The minimum Gasteiger partial charge on any atom is -0.358 e. The van der Waals surface area contributed by atoms with Gasteiger partial charge in [0.05, 0.1) is 25.3 Å². The second-order valence-corrected chi connectivity index (χ2v) is 24.0. The lowest BCUT2D eigenvalue weighted by Crippen LogP contribution is -2.55. The van der Waals surface area contributed by atoms with E-state index in [0.717, 1.165) is 59.2 Å². The summed E-state index contributed by atoms with van der Waals surface area (Å²) in [5.74, 6) is 0.261. The van der Waals surface area contributed by atoms with Crippen molar-refractivity contribution in [2.45, 2.75) is 247 Å². The number of carbonyl (C=O) groups excluding carboxylic acids is 1. The predicted molar refractivity (Wildman–Crippen MR) is 342 cm³/mol. The van der Waals surface area contributed by atoms with E-state index in [1.165, 1.54) is 67.6 Å². The Kier molecular flexibility index (Phi) is 27.9. The minimum atomic E-state index is -4.20. The van der Waals surface area contributed by atoms with E-state index < -0.39 is 64.9 Å². The van der Waals surface area contributed by atoms with Crippen molar-refractivity contribution in [2.75, 3.05) is 10.2 Å². The summed E-state index contributed by atoms with van der Waals surface area (Å²) in [4.78, 5) is 35.0. The molecule has 1 amide bonds. The van der Waals surface area contributed by atoms with E-state index in [-0.39, 0.29) is 33.0 Å². The molecule has 2 fully saturated rings. The zero-order chi connectivity index (χ0) is 64.5. The zero-order valence-electron chi connectivity index (χ0n) is 54.4. The molecule has 1 N–H and O–H groups in total. The van der Waals surface area contributed by atoms with Gasteiger partial charge in [-0.1, -0.05) is 157 Å². The highest BCUT2D eigenvalue weighted by Gasteiger charge is 2.71. The van der Waals surface area contributed by atoms with Gasteiger partial charge in [-0.2, -0.15) is 8.61 Å². The molecule has 4 aromatic rings. The van der Waals surface area contributed by atoms with Crippen LogP contribution in [-0.4, -0.2) is 65.6 Å². The van der Waals surface area contributed by atoms with Gasteiger partial charge in [0.1, 0.15) is 22.5 Å². The molecule has 0 saturated carbocycles. The number of carbonyl (C=O) groups is 1. The number of anilines is 2. The van der Waals surface area contributed by atoms with Crippen molar-refractivity contribution >= 4 is 49.2 Å². The second-order valence-electron chi connectivity index (χ2n) is 20.4. The fourth-order valence-electron chi connectivity index (χ4n) is 12.4. The number of hydrogen-bond donors (Lipinski definition) is 1. The summed E-state index contributed by atoms with van der Waals surface area (Å²) < 4.78 is 72.7. The number of allylic oxidation sites excluding steroid dienone is 4. The molecule has 4 heterocycles. The summed E-state index contributed by atoms with van der Waals surface area (Å²) in [5, 5.41) is 25.7. The minimum absolute atomic E-state index is 0.0147. The molecule has 84 heavy (non-hydrogen) atoms. The highest BCUT2D eigenvalue weighted by atomic mass is 32.2. The van der Waals surface area contributed by atoms with Crippen LogP contribution in [-0.2, 0) is 45.4 Å². The lowest BCUT2D eigenvalue weighted by atomic mass is 9.83. The summed E-state index contributed by atoms with van der Waals surface area (Å²) in [6, 6.07) is 21.8. The van der Waals surface area contributed by atoms with E-state index in [9.17, 15) is 41.9 Å². The first-order valence-electron chi connectivity index (χ1n) is 30.5. The van der Waals surface area contributed by atoms with Crippen LogP contribution in [0.4, 0.5) is 22.7 Å². The van der Waals surface area contributed by atoms with E-state index in [2.05, 4.69) is 37.4 Å². The second kappa shape index (κ2) is 31.5. The molecule has 4 aromatic carbocycles. The van der Waals surface area contributed by atoms with Gasteiger partial charge in [0, 0.05) is 52.9 Å². The predicted octanol–water partition coefficient (Wildman–Crippen LogP) is 17.2. The van der Waals surface area contributed by atoms with Crippen molar-refractivity contribution in [2.24, 2.45) is 0 Å². The van der Waals surface area contributed by atoms with Crippen LogP contribution in [0, 0.1) is 20.2 Å². The van der Waals surface area contributed by atoms with Crippen molar-refractivity contribution in [3.05, 3.63) is 151 Å². The molecule has 0 bridgehead atoms. The molecule has 19 heteroatoms. The summed E-state index contributed by atoms with van der Waals surface area (Å²) in [7, 11) is -8.27. The van der Waals surface area contributed by atoms with Crippen LogP contribution in [0.2, 0.25) is 0 Å². The van der Waals surface area contributed by atoms with Gasteiger partial charge in [-0.15, -0.1) is 0 Å². The molecule has 6 atom stereocenters. The Bertz CT molecular complexity index is 3100. The number of hydrogen-bond acceptors (Lipinski definition) is 12. The molecular formula is C65H100N6O11S2. The number of sulfonamides is 2. The molecule has 0 aromatic heterocycles. The van der Waals surface area contributed by atoms with Gasteiger partial charge in [0.15, 0.2) is 12.5 Å². The molecule has 468 valence electrons. The van der Waals surface area contributed by atoms with Gasteiger partial charge >= 0.3 is 0 Å². The fourth-order valence-corrected chi connectivity index (χ4v) is 16.4. The number of non-ortho nitro benzene ring substituents is 2. The average molecular weight is 1210 g/mol. The third-order valence-electron chi connectivity index (χ3n) is 14.5. The van der Waals surface area contributed by atoms with E-state index >= 15 is 0 Å². The van der Waals surface area contributed by atoms with Gasteiger partial charge in [-0.25, -0.2) is 16.8 Å². The number of ether oxygens (including phenoxy) is 2. The molecule has 17 nitrogen and oxygen atoms in total. The highest BCUT2D eigenvalue weighted by molar-refractivity contribution is 7.89. The Hall–Kier alpha value is -5.83. The van der Waals surface area contributed by atoms with Crippen LogP contribution >= 0.6 is 0 Å². The van der Waals surface area contributed by atoms with Crippen LogP contribution in [0.25, 0.3) is 0 Å². The molecule has 2 saturated heterocycles. The van der Waals surface area contributed by atoms with Crippen molar-refractivity contribution in [3.63, 3.8) is 0 Å². The molecule has 0 unspecified atom stereocenters. The van der Waals surface area contributed by atoms with Crippen molar-refractivity contribution in [3.8, 4) is 0 Å². The lowest BCUT2D eigenvalue weighted by Gasteiger charge is -2.40. The van der Waals surface area contributed by atoms with Crippen molar-refractivity contribution in [1.29, 1.82) is 0 Å². The Labute approximate surface area is 504 Å². The van der Waals surface area contributed by atoms with Gasteiger partial charge in [-0.05, 0) is 129 Å². The number of nitrogens with one attached hydrogen (secondary N) is 1. The first-order chi connectivity index (χ1) is 39.9. The maximum atomic E-state index is 14.3. The molecule has 4 aliphatic heterocycles. The summed E-state index contributed by atoms with van der Waals surface area (Å²) in [5.41, 5.74) is 3.03. The Morgan fingerprint density at radius 1 is 0.560 bits per heavy atom. The summed E-state index contributed by atoms with van der Waals surface area (Å²) in [6.45, 7) is 43.2. The highest BCUT2D eigenvalue weighted by Crippen LogP contribution is 2.63. The molecule has 2 aliphatic carbocycles. The van der Waals surface area contributed by atoms with Crippen LogP contribution in [0.3, 0.4) is 0 Å². The van der Waals surface area contributed by atoms with Crippen molar-refractivity contribution in [1.82, 2.24) is 8.61 Å². The third-order valence-corrected chi connectivity index (χ3v) is 18.7. The van der Waals surface area contributed by atoms with Crippen LogP contribution in [0.1, 0.15) is 225 Å². The summed E-state index contributed by atoms with van der Waals surface area (Å²) >= 11 is 0. The smallest absolute Gasteiger partial charge is 0.269 e. The first-order valence-corrected chi connectivity index (χ1v) is 33.3. The average Bonchev–Trinajstić information content (AvgIpc) is 1.67. The maximum absolute atomic E-state index is 14.3. The Morgan fingerprint density at radius 3 is 1.35 bits per heavy atom. The zero-order valence-corrected chi connectivity index (χ0v) is 56.0. The third kappa shape index (κ3) is 13.9. The normalized spacial score (nSPS) is 23.0. The largest absolute Gasteiger partial charge is 0.358 e. The number of nitro benzene ring substituents is 2. The molecule has 10 rings (SSSR count).